The van der Waals surface area contributed by atoms with Gasteiger partial charge in [0.25, 0.3) is 0 Å². The van der Waals surface area contributed by atoms with Crippen LogP contribution >= 0.6 is 12.2 Å². The number of rotatable bonds is 4. The Labute approximate surface area is 105 Å². The minimum Gasteiger partial charge on any atom is -0.497 e. The number of nitrogens with two attached hydrogens (primary N) is 1. The fourth-order valence-electron chi connectivity index (χ4n) is 1.27. The van der Waals surface area contributed by atoms with Crippen LogP contribution in [-0.2, 0) is 0 Å². The molecule has 1 rings (SSSR count). The average molecular weight is 248 g/mol. The molecule has 0 aliphatic heterocycles. The van der Waals surface area contributed by atoms with Crippen LogP contribution in [-0.4, -0.2) is 19.2 Å². The molecule has 0 saturated heterocycles. The molecule has 0 unspecified atom stereocenters. The predicted molar refractivity (Wildman–Crippen MR) is 69.9 cm³/mol. The predicted octanol–water partition coefficient (Wildman–Crippen LogP) is 1.90. The van der Waals surface area contributed by atoms with Gasteiger partial charge < -0.3 is 15.2 Å². The highest BCUT2D eigenvalue weighted by atomic mass is 32.1. The molecule has 2 N–H and O–H groups in total. The highest BCUT2D eigenvalue weighted by molar-refractivity contribution is 7.80. The molecule has 0 heterocycles. The van der Waals surface area contributed by atoms with Crippen LogP contribution in [0.2, 0.25) is 0 Å². The molecule has 1 aromatic carbocycles. The zero-order valence-electron chi connectivity index (χ0n) is 9.56. The number of hydrogen-bond acceptors (Lipinski definition) is 4. The quantitative estimate of drug-likeness (QED) is 0.500. The second-order valence-electron chi connectivity index (χ2n) is 3.14. The third kappa shape index (κ3) is 3.20. The maximum absolute atomic E-state index is 8.89. The van der Waals surface area contributed by atoms with Crippen molar-refractivity contribution in [2.45, 2.75) is 0 Å². The van der Waals surface area contributed by atoms with Crippen molar-refractivity contribution in [2.24, 2.45) is 5.73 Å². The molecule has 0 radical (unpaired) electrons. The second kappa shape index (κ2) is 5.87. The van der Waals surface area contributed by atoms with E-state index in [1.54, 1.807) is 38.5 Å². The Morgan fingerprint density at radius 3 is 2.59 bits per heavy atom. The Morgan fingerprint density at radius 1 is 1.41 bits per heavy atom. The summed E-state index contributed by atoms with van der Waals surface area (Å²) in [6, 6.07) is 7.20. The molecule has 0 bridgehead atoms. The smallest absolute Gasteiger partial charge is 0.126 e. The Hall–Kier alpha value is -2.06. The van der Waals surface area contributed by atoms with Crippen LogP contribution in [0, 0.1) is 11.3 Å². The molecule has 1 aromatic rings. The van der Waals surface area contributed by atoms with E-state index in [2.05, 4.69) is 0 Å². The SMILES string of the molecule is COc1ccc(OC)c(C=C(C#N)C(N)=S)c1. The maximum atomic E-state index is 8.89. The normalized spacial score (nSPS) is 10.5. The fraction of sp³-hybridized carbons (Fsp3) is 0.167. The summed E-state index contributed by atoms with van der Waals surface area (Å²) < 4.78 is 10.3. The summed E-state index contributed by atoms with van der Waals surface area (Å²) in [6.45, 7) is 0. The lowest BCUT2D eigenvalue weighted by Gasteiger charge is -2.07. The molecule has 0 aromatic heterocycles. The minimum absolute atomic E-state index is 0.0531. The lowest BCUT2D eigenvalue weighted by molar-refractivity contribution is 0.402. The summed E-state index contributed by atoms with van der Waals surface area (Å²) in [5.74, 6) is 1.28. The van der Waals surface area contributed by atoms with E-state index in [-0.39, 0.29) is 10.6 Å². The van der Waals surface area contributed by atoms with Crippen molar-refractivity contribution in [3.05, 3.63) is 29.3 Å². The van der Waals surface area contributed by atoms with Gasteiger partial charge in [-0.15, -0.1) is 0 Å². The Bertz CT molecular complexity index is 504. The van der Waals surface area contributed by atoms with Crippen LogP contribution in [0.15, 0.2) is 23.8 Å². The van der Waals surface area contributed by atoms with E-state index in [1.165, 1.54) is 0 Å². The Balaban J connectivity index is 3.28. The van der Waals surface area contributed by atoms with E-state index < -0.39 is 0 Å². The van der Waals surface area contributed by atoms with Crippen molar-refractivity contribution in [3.8, 4) is 17.6 Å². The molecule has 0 fully saturated rings. The molecule has 0 aliphatic carbocycles. The van der Waals surface area contributed by atoms with Crippen molar-refractivity contribution in [2.75, 3.05) is 14.2 Å². The third-order valence-corrected chi connectivity index (χ3v) is 2.34. The molecule has 5 heteroatoms. The number of nitrogens with zero attached hydrogens (tertiary/aromatic N) is 1. The van der Waals surface area contributed by atoms with Gasteiger partial charge >= 0.3 is 0 Å². The summed E-state index contributed by atoms with van der Waals surface area (Å²) in [4.78, 5) is 0.0531. The minimum atomic E-state index is 0.0531. The fourth-order valence-corrected chi connectivity index (χ4v) is 1.37. The van der Waals surface area contributed by atoms with Gasteiger partial charge in [-0.25, -0.2) is 0 Å². The van der Waals surface area contributed by atoms with Gasteiger partial charge in [-0.2, -0.15) is 5.26 Å². The van der Waals surface area contributed by atoms with Gasteiger partial charge in [0.15, 0.2) is 0 Å². The number of hydrogen-bond donors (Lipinski definition) is 1. The van der Waals surface area contributed by atoms with Crippen molar-refractivity contribution >= 4 is 23.3 Å². The Morgan fingerprint density at radius 2 is 2.12 bits per heavy atom. The van der Waals surface area contributed by atoms with Crippen molar-refractivity contribution in [3.63, 3.8) is 0 Å². The van der Waals surface area contributed by atoms with Crippen LogP contribution < -0.4 is 15.2 Å². The van der Waals surface area contributed by atoms with Crippen LogP contribution in [0.5, 0.6) is 11.5 Å². The number of nitriles is 1. The monoisotopic (exact) mass is 248 g/mol. The third-order valence-electron chi connectivity index (χ3n) is 2.12. The molecule has 0 saturated carbocycles. The van der Waals surface area contributed by atoms with Gasteiger partial charge in [0, 0.05) is 5.56 Å². The van der Waals surface area contributed by atoms with Crippen LogP contribution in [0.4, 0.5) is 0 Å². The largest absolute Gasteiger partial charge is 0.497 e. The number of methoxy groups -OCH3 is 2. The first-order chi connectivity index (χ1) is 8.12. The molecular weight excluding hydrogens is 236 g/mol. The first kappa shape index (κ1) is 13.0. The summed E-state index contributed by atoms with van der Waals surface area (Å²) >= 11 is 4.77. The number of ether oxygens (including phenoxy) is 2. The lowest BCUT2D eigenvalue weighted by atomic mass is 10.1. The first-order valence-electron chi connectivity index (χ1n) is 4.76. The van der Waals surface area contributed by atoms with E-state index in [0.29, 0.717) is 17.1 Å². The lowest BCUT2D eigenvalue weighted by Crippen LogP contribution is -2.09. The van der Waals surface area contributed by atoms with Gasteiger partial charge in [-0.3, -0.25) is 0 Å². The van der Waals surface area contributed by atoms with Crippen LogP contribution in [0.1, 0.15) is 5.56 Å². The summed E-state index contributed by atoms with van der Waals surface area (Å²) in [6.07, 6.45) is 1.57. The highest BCUT2D eigenvalue weighted by Gasteiger charge is 2.06. The van der Waals surface area contributed by atoms with Gasteiger partial charge in [0.1, 0.15) is 22.6 Å². The number of thiocarbonyl (C=S) groups is 1. The van der Waals surface area contributed by atoms with Gasteiger partial charge in [0.2, 0.25) is 0 Å². The Kier molecular flexibility index (Phi) is 4.49. The summed E-state index contributed by atoms with van der Waals surface area (Å²) in [5.41, 5.74) is 6.34. The standard InChI is InChI=1S/C12H12N2O2S/c1-15-10-3-4-11(16-2)8(6-10)5-9(7-13)12(14)17/h3-6H,1-2H3,(H2,14,17). The van der Waals surface area contributed by atoms with Gasteiger partial charge in [-0.05, 0) is 24.3 Å². The first-order valence-corrected chi connectivity index (χ1v) is 5.16. The van der Waals surface area contributed by atoms with Crippen molar-refractivity contribution in [1.82, 2.24) is 0 Å². The van der Waals surface area contributed by atoms with Gasteiger partial charge in [-0.1, -0.05) is 12.2 Å². The van der Waals surface area contributed by atoms with Crippen molar-refractivity contribution in [1.29, 1.82) is 5.26 Å². The molecule has 0 spiro atoms. The summed E-state index contributed by atoms with van der Waals surface area (Å²) in [7, 11) is 3.11. The van der Waals surface area contributed by atoms with E-state index in [1.807, 2.05) is 6.07 Å². The molecule has 17 heavy (non-hydrogen) atoms. The van der Waals surface area contributed by atoms with E-state index >= 15 is 0 Å². The highest BCUT2D eigenvalue weighted by Crippen LogP contribution is 2.26. The van der Waals surface area contributed by atoms with Crippen LogP contribution in [0.3, 0.4) is 0 Å². The molecule has 0 aliphatic rings. The average Bonchev–Trinajstić information content (AvgIpc) is 2.35. The topological polar surface area (TPSA) is 68.3 Å². The van der Waals surface area contributed by atoms with E-state index in [0.717, 1.165) is 0 Å². The zero-order valence-corrected chi connectivity index (χ0v) is 10.4. The molecule has 0 amide bonds. The van der Waals surface area contributed by atoms with E-state index in [4.69, 9.17) is 32.7 Å². The van der Waals surface area contributed by atoms with E-state index in [9.17, 15) is 0 Å². The zero-order chi connectivity index (χ0) is 12.8. The molecular formula is C12H12N2O2S. The molecule has 0 atom stereocenters. The van der Waals surface area contributed by atoms with Crippen LogP contribution in [0.25, 0.3) is 6.08 Å². The second-order valence-corrected chi connectivity index (χ2v) is 3.58. The number of benzene rings is 1. The van der Waals surface area contributed by atoms with Crippen molar-refractivity contribution < 1.29 is 9.47 Å². The summed E-state index contributed by atoms with van der Waals surface area (Å²) in [5, 5.41) is 8.89. The van der Waals surface area contributed by atoms with Gasteiger partial charge in [0.05, 0.1) is 19.8 Å². The maximum Gasteiger partial charge on any atom is 0.126 e. The molecule has 4 nitrogen and oxygen atoms in total. The molecule has 88 valence electrons.